The predicted molar refractivity (Wildman–Crippen MR) is 75.2 cm³/mol. The quantitative estimate of drug-likeness (QED) is 0.882. The Morgan fingerprint density at radius 1 is 1.43 bits per heavy atom. The number of carboxylic acid groups (broad SMARTS) is 1. The standard InChI is InChI=1S/C15H15FN2O3/c1-8-10(9(15(20)21)5-6-14(17)19)7-11-12(16)3-2-4-13(11)18-8/h2-4,7,9H,5-6H2,1H3,(H2,17,19)(H,20,21). The number of carbonyl (C=O) groups excluding carboxylic acids is 1. The van der Waals surface area contributed by atoms with Crippen molar-refractivity contribution in [2.45, 2.75) is 25.7 Å². The summed E-state index contributed by atoms with van der Waals surface area (Å²) >= 11 is 0. The molecule has 5 nitrogen and oxygen atoms in total. The Morgan fingerprint density at radius 3 is 2.76 bits per heavy atom. The molecule has 0 spiro atoms. The minimum absolute atomic E-state index is 0.0499. The zero-order chi connectivity index (χ0) is 15.6. The number of rotatable bonds is 5. The zero-order valence-corrected chi connectivity index (χ0v) is 11.5. The number of hydrogen-bond acceptors (Lipinski definition) is 3. The molecule has 2 aromatic rings. The van der Waals surface area contributed by atoms with Gasteiger partial charge in [0.15, 0.2) is 0 Å². The van der Waals surface area contributed by atoms with Gasteiger partial charge in [0.25, 0.3) is 0 Å². The lowest BCUT2D eigenvalue weighted by Gasteiger charge is -2.15. The fraction of sp³-hybridized carbons (Fsp3) is 0.267. The largest absolute Gasteiger partial charge is 0.481 e. The number of primary amides is 1. The first kappa shape index (κ1) is 14.9. The Labute approximate surface area is 120 Å². The highest BCUT2D eigenvalue weighted by Gasteiger charge is 2.23. The van der Waals surface area contributed by atoms with E-state index in [4.69, 9.17) is 5.73 Å². The van der Waals surface area contributed by atoms with E-state index in [9.17, 15) is 19.1 Å². The van der Waals surface area contributed by atoms with Crippen LogP contribution in [0.5, 0.6) is 0 Å². The van der Waals surface area contributed by atoms with Crippen molar-refractivity contribution < 1.29 is 19.1 Å². The van der Waals surface area contributed by atoms with Gasteiger partial charge in [-0.1, -0.05) is 6.07 Å². The molecule has 110 valence electrons. The van der Waals surface area contributed by atoms with E-state index in [1.54, 1.807) is 19.1 Å². The highest BCUT2D eigenvalue weighted by molar-refractivity contribution is 5.84. The van der Waals surface area contributed by atoms with Crippen LogP contribution in [0.1, 0.15) is 30.0 Å². The number of aliphatic carboxylic acids is 1. The Balaban J connectivity index is 2.51. The zero-order valence-electron chi connectivity index (χ0n) is 11.5. The van der Waals surface area contributed by atoms with Gasteiger partial charge < -0.3 is 10.8 Å². The van der Waals surface area contributed by atoms with E-state index in [2.05, 4.69) is 4.98 Å². The normalized spacial score (nSPS) is 12.3. The molecule has 1 unspecified atom stereocenters. The molecule has 21 heavy (non-hydrogen) atoms. The van der Waals surface area contributed by atoms with Gasteiger partial charge in [0.1, 0.15) is 5.82 Å². The summed E-state index contributed by atoms with van der Waals surface area (Å²) in [4.78, 5) is 26.5. The van der Waals surface area contributed by atoms with Crippen molar-refractivity contribution in [3.8, 4) is 0 Å². The summed E-state index contributed by atoms with van der Waals surface area (Å²) < 4.78 is 13.8. The number of halogens is 1. The van der Waals surface area contributed by atoms with Gasteiger partial charge in [-0.15, -0.1) is 0 Å². The van der Waals surface area contributed by atoms with Crippen molar-refractivity contribution in [2.24, 2.45) is 5.73 Å². The van der Waals surface area contributed by atoms with Crippen LogP contribution in [-0.2, 0) is 9.59 Å². The number of hydrogen-bond donors (Lipinski definition) is 2. The SMILES string of the molecule is Cc1nc2cccc(F)c2cc1C(CCC(N)=O)C(=O)O. The third-order valence-corrected chi connectivity index (χ3v) is 3.39. The van der Waals surface area contributed by atoms with Gasteiger partial charge in [-0.25, -0.2) is 4.39 Å². The first-order valence-corrected chi connectivity index (χ1v) is 6.47. The molecule has 0 aliphatic heterocycles. The lowest BCUT2D eigenvalue weighted by atomic mass is 9.92. The van der Waals surface area contributed by atoms with Crippen molar-refractivity contribution in [3.63, 3.8) is 0 Å². The summed E-state index contributed by atoms with van der Waals surface area (Å²) in [6.07, 6.45) is 0.0128. The highest BCUT2D eigenvalue weighted by atomic mass is 19.1. The number of aromatic nitrogens is 1. The topological polar surface area (TPSA) is 93.3 Å². The lowest BCUT2D eigenvalue weighted by Crippen LogP contribution is -2.18. The van der Waals surface area contributed by atoms with Gasteiger partial charge in [-0.2, -0.15) is 0 Å². The number of nitrogens with two attached hydrogens (primary N) is 1. The van der Waals surface area contributed by atoms with Crippen LogP contribution in [0.3, 0.4) is 0 Å². The number of benzene rings is 1. The number of nitrogens with zero attached hydrogens (tertiary/aromatic N) is 1. The summed E-state index contributed by atoms with van der Waals surface area (Å²) in [6.45, 7) is 1.67. The molecule has 1 atom stereocenters. The fourth-order valence-corrected chi connectivity index (χ4v) is 2.32. The predicted octanol–water partition coefficient (Wildman–Crippen LogP) is 2.12. The molecule has 0 aliphatic carbocycles. The van der Waals surface area contributed by atoms with E-state index < -0.39 is 23.6 Å². The lowest BCUT2D eigenvalue weighted by molar-refractivity contribution is -0.139. The van der Waals surface area contributed by atoms with E-state index in [0.717, 1.165) is 0 Å². The third kappa shape index (κ3) is 3.16. The van der Waals surface area contributed by atoms with Crippen molar-refractivity contribution in [1.29, 1.82) is 0 Å². The van der Waals surface area contributed by atoms with Crippen LogP contribution in [0.4, 0.5) is 4.39 Å². The first-order chi connectivity index (χ1) is 9.90. The third-order valence-electron chi connectivity index (χ3n) is 3.39. The summed E-state index contributed by atoms with van der Waals surface area (Å²) in [5, 5.41) is 9.60. The van der Waals surface area contributed by atoms with Crippen LogP contribution in [0.2, 0.25) is 0 Å². The van der Waals surface area contributed by atoms with E-state index >= 15 is 0 Å². The molecule has 1 aromatic heterocycles. The smallest absolute Gasteiger partial charge is 0.311 e. The Kier molecular flexibility index (Phi) is 4.16. The van der Waals surface area contributed by atoms with Crippen molar-refractivity contribution in [2.75, 3.05) is 0 Å². The molecule has 1 amide bonds. The second kappa shape index (κ2) is 5.87. The monoisotopic (exact) mass is 290 g/mol. The molecule has 0 saturated heterocycles. The second-order valence-electron chi connectivity index (χ2n) is 4.87. The van der Waals surface area contributed by atoms with Crippen LogP contribution in [-0.4, -0.2) is 22.0 Å². The summed E-state index contributed by atoms with van der Waals surface area (Å²) in [5.74, 6) is -3.05. The molecule has 6 heteroatoms. The molecule has 0 bridgehead atoms. The van der Waals surface area contributed by atoms with Crippen LogP contribution >= 0.6 is 0 Å². The van der Waals surface area contributed by atoms with Crippen LogP contribution < -0.4 is 5.73 Å². The molecular formula is C15H15FN2O3. The maximum atomic E-state index is 13.8. The Hall–Kier alpha value is -2.50. The van der Waals surface area contributed by atoms with Gasteiger partial charge in [0.05, 0.1) is 11.4 Å². The molecule has 1 heterocycles. The average molecular weight is 290 g/mol. The molecule has 0 aliphatic rings. The Bertz CT molecular complexity index is 715. The van der Waals surface area contributed by atoms with Gasteiger partial charge in [-0.05, 0) is 37.1 Å². The minimum atomic E-state index is -1.09. The molecule has 3 N–H and O–H groups in total. The Morgan fingerprint density at radius 2 is 2.14 bits per heavy atom. The maximum Gasteiger partial charge on any atom is 0.311 e. The summed E-state index contributed by atoms with van der Waals surface area (Å²) in [5.41, 5.74) is 6.44. The van der Waals surface area contributed by atoms with Crippen molar-refractivity contribution in [3.05, 3.63) is 41.3 Å². The maximum absolute atomic E-state index is 13.8. The van der Waals surface area contributed by atoms with Gasteiger partial charge in [-0.3, -0.25) is 14.6 Å². The first-order valence-electron chi connectivity index (χ1n) is 6.47. The molecular weight excluding hydrogens is 275 g/mol. The van der Waals surface area contributed by atoms with Crippen LogP contribution in [0.25, 0.3) is 10.9 Å². The highest BCUT2D eigenvalue weighted by Crippen LogP contribution is 2.28. The van der Waals surface area contributed by atoms with Gasteiger partial charge >= 0.3 is 5.97 Å². The molecule has 0 saturated carbocycles. The minimum Gasteiger partial charge on any atom is -0.481 e. The van der Waals surface area contributed by atoms with Crippen molar-refractivity contribution >= 4 is 22.8 Å². The molecule has 0 fully saturated rings. The van der Waals surface area contributed by atoms with E-state index in [0.29, 0.717) is 16.8 Å². The fourth-order valence-electron chi connectivity index (χ4n) is 2.32. The molecule has 1 aromatic carbocycles. The summed E-state index contributed by atoms with van der Waals surface area (Å²) in [6, 6.07) is 6.00. The van der Waals surface area contributed by atoms with Crippen molar-refractivity contribution in [1.82, 2.24) is 4.98 Å². The van der Waals surface area contributed by atoms with Gasteiger partial charge in [0, 0.05) is 17.5 Å². The van der Waals surface area contributed by atoms with E-state index in [1.807, 2.05) is 0 Å². The molecule has 2 rings (SSSR count). The van der Waals surface area contributed by atoms with Gasteiger partial charge in [0.2, 0.25) is 5.91 Å². The van der Waals surface area contributed by atoms with E-state index in [-0.39, 0.29) is 18.2 Å². The number of carboxylic acids is 1. The number of aryl methyl sites for hydroxylation is 1. The number of fused-ring (bicyclic) bond motifs is 1. The number of amides is 1. The molecule has 0 radical (unpaired) electrons. The van der Waals surface area contributed by atoms with E-state index in [1.165, 1.54) is 12.1 Å². The summed E-state index contributed by atoms with van der Waals surface area (Å²) in [7, 11) is 0. The second-order valence-corrected chi connectivity index (χ2v) is 4.87. The number of carbonyl (C=O) groups is 2. The van der Waals surface area contributed by atoms with Crippen LogP contribution in [0, 0.1) is 12.7 Å². The average Bonchev–Trinajstić information content (AvgIpc) is 2.39. The van der Waals surface area contributed by atoms with Crippen LogP contribution in [0.15, 0.2) is 24.3 Å². The number of pyridine rings is 1.